The Morgan fingerprint density at radius 3 is 2.50 bits per heavy atom. The Balaban J connectivity index is 2.69. The van der Waals surface area contributed by atoms with Crippen LogP contribution in [0.5, 0.6) is 0 Å². The first-order valence-electron chi connectivity index (χ1n) is 5.15. The van der Waals surface area contributed by atoms with Gasteiger partial charge in [-0.2, -0.15) is 0 Å². The molecule has 78 valence electrons. The Morgan fingerprint density at radius 1 is 1.29 bits per heavy atom. The third-order valence-electron chi connectivity index (χ3n) is 2.52. The van der Waals surface area contributed by atoms with E-state index >= 15 is 0 Å². The van der Waals surface area contributed by atoms with Crippen LogP contribution in [0.15, 0.2) is 28.7 Å². The SMILES string of the molecule is CCC(C)N[C@H](C)c1ccccc1Br. The van der Waals surface area contributed by atoms with Gasteiger partial charge in [-0.25, -0.2) is 0 Å². The lowest BCUT2D eigenvalue weighted by Crippen LogP contribution is -2.28. The molecule has 0 saturated heterocycles. The topological polar surface area (TPSA) is 12.0 Å². The van der Waals surface area contributed by atoms with Gasteiger partial charge in [-0.3, -0.25) is 0 Å². The second-order valence-corrected chi connectivity index (χ2v) is 4.57. The van der Waals surface area contributed by atoms with E-state index in [4.69, 9.17) is 0 Å². The second-order valence-electron chi connectivity index (χ2n) is 3.72. The van der Waals surface area contributed by atoms with Crippen LogP contribution < -0.4 is 5.32 Å². The average molecular weight is 256 g/mol. The fourth-order valence-electron chi connectivity index (χ4n) is 1.46. The van der Waals surface area contributed by atoms with E-state index in [1.807, 2.05) is 6.07 Å². The fraction of sp³-hybridized carbons (Fsp3) is 0.500. The summed E-state index contributed by atoms with van der Waals surface area (Å²) in [7, 11) is 0. The molecule has 14 heavy (non-hydrogen) atoms. The highest BCUT2D eigenvalue weighted by molar-refractivity contribution is 9.10. The minimum atomic E-state index is 0.403. The third-order valence-corrected chi connectivity index (χ3v) is 3.24. The summed E-state index contributed by atoms with van der Waals surface area (Å²) in [5, 5.41) is 3.56. The molecule has 0 radical (unpaired) electrons. The molecule has 0 spiro atoms. The molecule has 0 saturated carbocycles. The van der Waals surface area contributed by atoms with Crippen molar-refractivity contribution in [3.8, 4) is 0 Å². The lowest BCUT2D eigenvalue weighted by atomic mass is 10.1. The fourth-order valence-corrected chi connectivity index (χ4v) is 2.09. The highest BCUT2D eigenvalue weighted by Crippen LogP contribution is 2.23. The standard InChI is InChI=1S/C12H18BrN/c1-4-9(2)14-10(3)11-7-5-6-8-12(11)13/h5-10,14H,4H2,1-3H3/t9?,10-/m1/s1. The largest absolute Gasteiger partial charge is 0.308 e. The zero-order valence-electron chi connectivity index (χ0n) is 9.05. The smallest absolute Gasteiger partial charge is 0.0305 e. The molecule has 0 aromatic heterocycles. The molecule has 1 aromatic rings. The van der Waals surface area contributed by atoms with Crippen molar-refractivity contribution in [2.45, 2.75) is 39.3 Å². The first-order valence-corrected chi connectivity index (χ1v) is 5.95. The van der Waals surface area contributed by atoms with E-state index in [0.717, 1.165) is 6.42 Å². The molecule has 2 atom stereocenters. The van der Waals surface area contributed by atoms with Crippen LogP contribution in [0.1, 0.15) is 38.8 Å². The Hall–Kier alpha value is -0.340. The molecule has 1 nitrogen and oxygen atoms in total. The minimum absolute atomic E-state index is 0.403. The first kappa shape index (κ1) is 11.7. The van der Waals surface area contributed by atoms with Crippen molar-refractivity contribution in [2.75, 3.05) is 0 Å². The maximum atomic E-state index is 3.57. The van der Waals surface area contributed by atoms with E-state index in [2.05, 4.69) is 60.2 Å². The van der Waals surface area contributed by atoms with Crippen LogP contribution in [0.2, 0.25) is 0 Å². The molecule has 1 rings (SSSR count). The molecule has 1 aromatic carbocycles. The highest BCUT2D eigenvalue weighted by atomic mass is 79.9. The molecule has 0 fully saturated rings. The zero-order valence-corrected chi connectivity index (χ0v) is 10.6. The van der Waals surface area contributed by atoms with E-state index in [1.54, 1.807) is 0 Å². The van der Waals surface area contributed by atoms with Crippen LogP contribution in [0, 0.1) is 0 Å². The summed E-state index contributed by atoms with van der Waals surface area (Å²) in [5.74, 6) is 0. The number of benzene rings is 1. The van der Waals surface area contributed by atoms with E-state index in [9.17, 15) is 0 Å². The summed E-state index contributed by atoms with van der Waals surface area (Å²) in [4.78, 5) is 0. The molecule has 0 heterocycles. The summed E-state index contributed by atoms with van der Waals surface area (Å²) in [6.07, 6.45) is 1.16. The Morgan fingerprint density at radius 2 is 1.93 bits per heavy atom. The Kier molecular flexibility index (Phi) is 4.63. The van der Waals surface area contributed by atoms with E-state index < -0.39 is 0 Å². The molecule has 1 unspecified atom stereocenters. The first-order chi connectivity index (χ1) is 6.65. The predicted octanol–water partition coefficient (Wildman–Crippen LogP) is 3.90. The van der Waals surface area contributed by atoms with Crippen LogP contribution >= 0.6 is 15.9 Å². The van der Waals surface area contributed by atoms with Crippen LogP contribution in [-0.4, -0.2) is 6.04 Å². The normalized spacial score (nSPS) is 15.1. The number of halogens is 1. The molecule has 0 aliphatic carbocycles. The van der Waals surface area contributed by atoms with Crippen molar-refractivity contribution < 1.29 is 0 Å². The van der Waals surface area contributed by atoms with E-state index in [-0.39, 0.29) is 0 Å². The van der Waals surface area contributed by atoms with Gasteiger partial charge in [0, 0.05) is 16.6 Å². The van der Waals surface area contributed by atoms with Gasteiger partial charge >= 0.3 is 0 Å². The monoisotopic (exact) mass is 255 g/mol. The van der Waals surface area contributed by atoms with Gasteiger partial charge in [-0.15, -0.1) is 0 Å². The number of hydrogen-bond acceptors (Lipinski definition) is 1. The second kappa shape index (κ2) is 5.52. The predicted molar refractivity (Wildman–Crippen MR) is 65.4 cm³/mol. The molecular weight excluding hydrogens is 238 g/mol. The van der Waals surface area contributed by atoms with Crippen molar-refractivity contribution in [1.82, 2.24) is 5.32 Å². The highest BCUT2D eigenvalue weighted by Gasteiger charge is 2.09. The zero-order chi connectivity index (χ0) is 10.6. The van der Waals surface area contributed by atoms with Crippen molar-refractivity contribution in [3.63, 3.8) is 0 Å². The lowest BCUT2D eigenvalue weighted by Gasteiger charge is -2.20. The van der Waals surface area contributed by atoms with E-state index in [1.165, 1.54) is 10.0 Å². The van der Waals surface area contributed by atoms with Gasteiger partial charge in [0.05, 0.1) is 0 Å². The van der Waals surface area contributed by atoms with Gasteiger partial charge < -0.3 is 5.32 Å². The molecule has 2 heteroatoms. The molecule has 0 aliphatic heterocycles. The summed E-state index contributed by atoms with van der Waals surface area (Å²) < 4.78 is 1.18. The quantitative estimate of drug-likeness (QED) is 0.861. The van der Waals surface area contributed by atoms with Crippen LogP contribution in [-0.2, 0) is 0 Å². The Bertz CT molecular complexity index is 285. The van der Waals surface area contributed by atoms with Crippen molar-refractivity contribution in [1.29, 1.82) is 0 Å². The summed E-state index contributed by atoms with van der Waals surface area (Å²) in [6.45, 7) is 6.62. The van der Waals surface area contributed by atoms with Crippen LogP contribution in [0.25, 0.3) is 0 Å². The van der Waals surface area contributed by atoms with Crippen LogP contribution in [0.4, 0.5) is 0 Å². The minimum Gasteiger partial charge on any atom is -0.308 e. The summed E-state index contributed by atoms with van der Waals surface area (Å²) >= 11 is 3.57. The van der Waals surface area contributed by atoms with Gasteiger partial charge in [0.25, 0.3) is 0 Å². The molecule has 0 bridgehead atoms. The molecule has 1 N–H and O–H groups in total. The molecule has 0 amide bonds. The lowest BCUT2D eigenvalue weighted by molar-refractivity contribution is 0.468. The van der Waals surface area contributed by atoms with Crippen molar-refractivity contribution in [3.05, 3.63) is 34.3 Å². The number of rotatable bonds is 4. The third kappa shape index (κ3) is 3.10. The van der Waals surface area contributed by atoms with Crippen molar-refractivity contribution >= 4 is 15.9 Å². The average Bonchev–Trinajstić information content (AvgIpc) is 2.18. The van der Waals surface area contributed by atoms with Gasteiger partial charge in [-0.1, -0.05) is 41.1 Å². The van der Waals surface area contributed by atoms with Gasteiger partial charge in [0.2, 0.25) is 0 Å². The van der Waals surface area contributed by atoms with Gasteiger partial charge in [0.1, 0.15) is 0 Å². The number of nitrogens with one attached hydrogen (secondary N) is 1. The maximum Gasteiger partial charge on any atom is 0.0305 e. The summed E-state index contributed by atoms with van der Waals surface area (Å²) in [6, 6.07) is 9.34. The number of hydrogen-bond donors (Lipinski definition) is 1. The Labute approximate surface area is 95.0 Å². The molecular formula is C12H18BrN. The van der Waals surface area contributed by atoms with Gasteiger partial charge in [0.15, 0.2) is 0 Å². The molecule has 0 aliphatic rings. The van der Waals surface area contributed by atoms with Crippen molar-refractivity contribution in [2.24, 2.45) is 0 Å². The van der Waals surface area contributed by atoms with E-state index in [0.29, 0.717) is 12.1 Å². The maximum absolute atomic E-state index is 3.57. The summed E-state index contributed by atoms with van der Waals surface area (Å²) in [5.41, 5.74) is 1.33. The van der Waals surface area contributed by atoms with Gasteiger partial charge in [-0.05, 0) is 31.9 Å². The van der Waals surface area contributed by atoms with Crippen LogP contribution in [0.3, 0.4) is 0 Å².